The van der Waals surface area contributed by atoms with Gasteiger partial charge in [-0.3, -0.25) is 9.59 Å². The van der Waals surface area contributed by atoms with E-state index in [1.54, 1.807) is 13.0 Å². The molecule has 5 nitrogen and oxygen atoms in total. The molecule has 1 aromatic carbocycles. The number of fused-ring (bicyclic) bond motifs is 1. The van der Waals surface area contributed by atoms with Gasteiger partial charge >= 0.3 is 5.97 Å². The van der Waals surface area contributed by atoms with E-state index in [1.807, 2.05) is 19.1 Å². The monoisotopic (exact) mass is 353 g/mol. The second-order valence-electron chi connectivity index (χ2n) is 5.06. The van der Waals surface area contributed by atoms with E-state index in [0.717, 1.165) is 15.4 Å². The van der Waals surface area contributed by atoms with Crippen LogP contribution in [-0.4, -0.2) is 23.0 Å². The summed E-state index contributed by atoms with van der Waals surface area (Å²) in [4.78, 5) is 22.6. The third-order valence-electron chi connectivity index (χ3n) is 3.16. The second-order valence-corrected chi connectivity index (χ2v) is 5.97. The Hall–Kier alpha value is -1.82. The van der Waals surface area contributed by atoms with Gasteiger partial charge in [-0.2, -0.15) is 0 Å². The first-order chi connectivity index (χ1) is 9.86. The van der Waals surface area contributed by atoms with Crippen LogP contribution < -0.4 is 5.32 Å². The van der Waals surface area contributed by atoms with Crippen molar-refractivity contribution in [3.63, 3.8) is 0 Å². The van der Waals surface area contributed by atoms with E-state index in [-0.39, 0.29) is 24.1 Å². The lowest BCUT2D eigenvalue weighted by atomic mass is 10.1. The van der Waals surface area contributed by atoms with Gasteiger partial charge in [0.15, 0.2) is 5.76 Å². The Morgan fingerprint density at radius 2 is 2.10 bits per heavy atom. The Balaban J connectivity index is 2.13. The van der Waals surface area contributed by atoms with Crippen LogP contribution in [0.2, 0.25) is 0 Å². The number of carbonyl (C=O) groups excluding carboxylic acids is 1. The molecule has 0 aliphatic rings. The largest absolute Gasteiger partial charge is 0.481 e. The number of carboxylic acid groups (broad SMARTS) is 1. The molecular formula is C15H16BrNO4. The standard InChI is InChI=1S/C15H16BrNO4/c1-8-5-11(16)6-10-7-12(21-14(8)10)15(20)17-9(2)3-4-13(18)19/h5-7,9H,3-4H2,1-2H3,(H,17,20)(H,18,19). The molecule has 0 aliphatic carbocycles. The molecule has 0 fully saturated rings. The van der Waals surface area contributed by atoms with Crippen molar-refractivity contribution in [1.82, 2.24) is 5.32 Å². The van der Waals surface area contributed by atoms with Crippen molar-refractivity contribution >= 4 is 38.8 Å². The number of carbonyl (C=O) groups is 2. The SMILES string of the molecule is Cc1cc(Br)cc2cc(C(=O)NC(C)CCC(=O)O)oc12. The molecule has 0 radical (unpaired) electrons. The van der Waals surface area contributed by atoms with E-state index in [4.69, 9.17) is 9.52 Å². The maximum Gasteiger partial charge on any atom is 0.303 e. The highest BCUT2D eigenvalue weighted by Gasteiger charge is 2.16. The molecule has 1 heterocycles. The van der Waals surface area contributed by atoms with Crippen LogP contribution in [0.1, 0.15) is 35.9 Å². The molecule has 0 aliphatic heterocycles. The van der Waals surface area contributed by atoms with Crippen molar-refractivity contribution in [2.75, 3.05) is 0 Å². The van der Waals surface area contributed by atoms with Crippen molar-refractivity contribution in [2.45, 2.75) is 32.7 Å². The van der Waals surface area contributed by atoms with Gasteiger partial charge < -0.3 is 14.8 Å². The van der Waals surface area contributed by atoms with Gasteiger partial charge in [-0.25, -0.2) is 0 Å². The average molecular weight is 354 g/mol. The molecule has 2 N–H and O–H groups in total. The molecule has 0 saturated carbocycles. The zero-order chi connectivity index (χ0) is 15.6. The molecule has 2 aromatic rings. The molecule has 2 rings (SSSR count). The fraction of sp³-hybridized carbons (Fsp3) is 0.333. The molecule has 1 atom stereocenters. The number of hydrogen-bond acceptors (Lipinski definition) is 3. The Bertz CT molecular complexity index is 692. The number of furan rings is 1. The summed E-state index contributed by atoms with van der Waals surface area (Å²) in [6.07, 6.45) is 0.402. The van der Waals surface area contributed by atoms with E-state index in [9.17, 15) is 9.59 Å². The Kier molecular flexibility index (Phi) is 4.67. The number of hydrogen-bond donors (Lipinski definition) is 2. The zero-order valence-corrected chi connectivity index (χ0v) is 13.4. The summed E-state index contributed by atoms with van der Waals surface area (Å²) in [5.41, 5.74) is 1.62. The summed E-state index contributed by atoms with van der Waals surface area (Å²) < 4.78 is 6.52. The van der Waals surface area contributed by atoms with E-state index in [0.29, 0.717) is 12.0 Å². The lowest BCUT2D eigenvalue weighted by Gasteiger charge is -2.11. The highest BCUT2D eigenvalue weighted by atomic mass is 79.9. The van der Waals surface area contributed by atoms with Crippen LogP contribution in [0.15, 0.2) is 27.1 Å². The summed E-state index contributed by atoms with van der Waals surface area (Å²) in [6, 6.07) is 5.26. The molecule has 0 saturated heterocycles. The molecule has 0 bridgehead atoms. The smallest absolute Gasteiger partial charge is 0.303 e. The minimum atomic E-state index is -0.875. The number of amides is 1. The van der Waals surface area contributed by atoms with Crippen LogP contribution in [-0.2, 0) is 4.79 Å². The number of nitrogens with one attached hydrogen (secondary N) is 1. The third kappa shape index (κ3) is 3.85. The molecule has 21 heavy (non-hydrogen) atoms. The third-order valence-corrected chi connectivity index (χ3v) is 3.62. The highest BCUT2D eigenvalue weighted by molar-refractivity contribution is 9.10. The van der Waals surface area contributed by atoms with E-state index < -0.39 is 5.97 Å². The maximum atomic E-state index is 12.1. The van der Waals surface area contributed by atoms with Crippen LogP contribution in [0.25, 0.3) is 11.0 Å². The Morgan fingerprint density at radius 3 is 2.76 bits per heavy atom. The molecule has 112 valence electrons. The minimum Gasteiger partial charge on any atom is -0.481 e. The van der Waals surface area contributed by atoms with Gasteiger partial charge in [0.05, 0.1) is 0 Å². The van der Waals surface area contributed by atoms with Crippen LogP contribution in [0.4, 0.5) is 0 Å². The Morgan fingerprint density at radius 1 is 1.38 bits per heavy atom. The quantitative estimate of drug-likeness (QED) is 0.862. The van der Waals surface area contributed by atoms with Crippen LogP contribution >= 0.6 is 15.9 Å². The van der Waals surface area contributed by atoms with Gasteiger partial charge in [0.1, 0.15) is 5.58 Å². The van der Waals surface area contributed by atoms with E-state index >= 15 is 0 Å². The van der Waals surface area contributed by atoms with Crippen molar-refractivity contribution < 1.29 is 19.1 Å². The highest BCUT2D eigenvalue weighted by Crippen LogP contribution is 2.27. The van der Waals surface area contributed by atoms with Gasteiger partial charge in [0, 0.05) is 22.3 Å². The number of rotatable bonds is 5. The van der Waals surface area contributed by atoms with Crippen molar-refractivity contribution in [1.29, 1.82) is 0 Å². The molecule has 1 amide bonds. The number of halogens is 1. The summed E-state index contributed by atoms with van der Waals surface area (Å²) in [5.74, 6) is -0.978. The van der Waals surface area contributed by atoms with Crippen molar-refractivity contribution in [2.24, 2.45) is 0 Å². The van der Waals surface area contributed by atoms with Crippen molar-refractivity contribution in [3.8, 4) is 0 Å². The predicted molar refractivity (Wildman–Crippen MR) is 82.4 cm³/mol. The van der Waals surface area contributed by atoms with Gasteiger partial charge in [0.25, 0.3) is 5.91 Å². The minimum absolute atomic E-state index is 0.0215. The van der Waals surface area contributed by atoms with Gasteiger partial charge in [-0.05, 0) is 44.0 Å². The summed E-state index contributed by atoms with van der Waals surface area (Å²) in [7, 11) is 0. The van der Waals surface area contributed by atoms with Crippen LogP contribution in [0.3, 0.4) is 0 Å². The van der Waals surface area contributed by atoms with Crippen molar-refractivity contribution in [3.05, 3.63) is 34.0 Å². The first-order valence-electron chi connectivity index (χ1n) is 6.59. The molecule has 1 aromatic heterocycles. The van der Waals surface area contributed by atoms with Crippen LogP contribution in [0, 0.1) is 6.92 Å². The lowest BCUT2D eigenvalue weighted by molar-refractivity contribution is -0.137. The molecule has 0 spiro atoms. The predicted octanol–water partition coefficient (Wildman–Crippen LogP) is 3.49. The maximum absolute atomic E-state index is 12.1. The van der Waals surface area contributed by atoms with Gasteiger partial charge in [0.2, 0.25) is 0 Å². The Labute approximate surface area is 130 Å². The van der Waals surface area contributed by atoms with Gasteiger partial charge in [-0.1, -0.05) is 15.9 Å². The first-order valence-corrected chi connectivity index (χ1v) is 7.38. The normalized spacial score (nSPS) is 12.3. The topological polar surface area (TPSA) is 79.5 Å². The summed E-state index contributed by atoms with van der Waals surface area (Å²) >= 11 is 3.41. The number of carboxylic acids is 1. The summed E-state index contributed by atoms with van der Waals surface area (Å²) in [5, 5.41) is 12.2. The number of aryl methyl sites for hydroxylation is 1. The lowest BCUT2D eigenvalue weighted by Crippen LogP contribution is -2.32. The second kappa shape index (κ2) is 6.30. The molecule has 6 heteroatoms. The molecule has 1 unspecified atom stereocenters. The van der Waals surface area contributed by atoms with Crippen LogP contribution in [0.5, 0.6) is 0 Å². The first kappa shape index (κ1) is 15.6. The van der Waals surface area contributed by atoms with Gasteiger partial charge in [-0.15, -0.1) is 0 Å². The summed E-state index contributed by atoms with van der Waals surface area (Å²) in [6.45, 7) is 3.68. The number of benzene rings is 1. The van der Waals surface area contributed by atoms with E-state index in [2.05, 4.69) is 21.2 Å². The molecular weight excluding hydrogens is 338 g/mol. The van der Waals surface area contributed by atoms with E-state index in [1.165, 1.54) is 0 Å². The fourth-order valence-electron chi connectivity index (χ4n) is 2.10. The average Bonchev–Trinajstić information content (AvgIpc) is 2.80. The zero-order valence-electron chi connectivity index (χ0n) is 11.8. The number of aliphatic carboxylic acids is 1. The fourth-order valence-corrected chi connectivity index (χ4v) is 2.69.